The summed E-state index contributed by atoms with van der Waals surface area (Å²) in [4.78, 5) is 12.5. The third-order valence-electron chi connectivity index (χ3n) is 4.88. The normalized spacial score (nSPS) is 24.2. The number of amides is 1. The Hall–Kier alpha value is -1.85. The van der Waals surface area contributed by atoms with Crippen LogP contribution in [0.4, 0.5) is 0 Å². The molecule has 5 heteroatoms. The Kier molecular flexibility index (Phi) is 4.54. The molecule has 2 aliphatic rings. The molecule has 0 unspecified atom stereocenters. The zero-order valence-corrected chi connectivity index (χ0v) is 13.8. The molecule has 2 fully saturated rings. The molecule has 0 bridgehead atoms. The fourth-order valence-corrected chi connectivity index (χ4v) is 3.28. The summed E-state index contributed by atoms with van der Waals surface area (Å²) in [6, 6.07) is 10.1. The number of aromatic nitrogens is 1. The van der Waals surface area contributed by atoms with Gasteiger partial charge in [-0.05, 0) is 42.7 Å². The van der Waals surface area contributed by atoms with E-state index in [1.807, 2.05) is 35.0 Å². The summed E-state index contributed by atoms with van der Waals surface area (Å²) in [6.07, 6.45) is 5.44. The maximum atomic E-state index is 12.5. The van der Waals surface area contributed by atoms with Crippen LogP contribution in [0, 0.1) is 5.92 Å². The SMILES string of the molecule is O=C(Cn1ccc2ccccc21)N[C@@H]1COCC[C@@H]1OCC1CC1. The number of para-hydroxylation sites is 1. The summed E-state index contributed by atoms with van der Waals surface area (Å²) in [6.45, 7) is 2.38. The van der Waals surface area contributed by atoms with Gasteiger partial charge in [0.15, 0.2) is 0 Å². The molecule has 1 N–H and O–H groups in total. The molecular formula is C19H24N2O3. The lowest BCUT2D eigenvalue weighted by Crippen LogP contribution is -2.51. The molecule has 2 aromatic rings. The molecule has 4 rings (SSSR count). The number of hydrogen-bond acceptors (Lipinski definition) is 3. The Morgan fingerprint density at radius 3 is 3.00 bits per heavy atom. The summed E-state index contributed by atoms with van der Waals surface area (Å²) < 4.78 is 13.5. The van der Waals surface area contributed by atoms with Crippen LogP contribution >= 0.6 is 0 Å². The minimum Gasteiger partial charge on any atom is -0.379 e. The summed E-state index contributed by atoms with van der Waals surface area (Å²) >= 11 is 0. The van der Waals surface area contributed by atoms with Crippen LogP contribution in [0.15, 0.2) is 36.5 Å². The number of fused-ring (bicyclic) bond motifs is 1. The highest BCUT2D eigenvalue weighted by atomic mass is 16.5. The Labute approximate surface area is 141 Å². The third-order valence-corrected chi connectivity index (χ3v) is 4.88. The monoisotopic (exact) mass is 328 g/mol. The molecule has 5 nitrogen and oxygen atoms in total. The van der Waals surface area contributed by atoms with E-state index in [2.05, 4.69) is 11.4 Å². The van der Waals surface area contributed by atoms with Crippen molar-refractivity contribution < 1.29 is 14.3 Å². The molecule has 2 atom stereocenters. The molecule has 1 aromatic carbocycles. The molecular weight excluding hydrogens is 304 g/mol. The summed E-state index contributed by atoms with van der Waals surface area (Å²) in [7, 11) is 0. The molecule has 0 spiro atoms. The topological polar surface area (TPSA) is 52.5 Å². The number of carbonyl (C=O) groups excluding carboxylic acids is 1. The molecule has 1 saturated heterocycles. The van der Waals surface area contributed by atoms with E-state index in [-0.39, 0.29) is 18.1 Å². The van der Waals surface area contributed by atoms with Gasteiger partial charge in [-0.15, -0.1) is 0 Å². The van der Waals surface area contributed by atoms with Crippen molar-refractivity contribution in [3.8, 4) is 0 Å². The minimum atomic E-state index is -0.0492. The first-order valence-electron chi connectivity index (χ1n) is 8.82. The minimum absolute atomic E-state index is 0.00637. The van der Waals surface area contributed by atoms with Gasteiger partial charge in [0, 0.05) is 24.9 Å². The van der Waals surface area contributed by atoms with Crippen LogP contribution < -0.4 is 5.32 Å². The van der Waals surface area contributed by atoms with Gasteiger partial charge >= 0.3 is 0 Å². The number of nitrogens with one attached hydrogen (secondary N) is 1. The number of benzene rings is 1. The highest BCUT2D eigenvalue weighted by molar-refractivity contribution is 5.83. The second-order valence-electron chi connectivity index (χ2n) is 6.86. The van der Waals surface area contributed by atoms with E-state index in [0.717, 1.165) is 29.8 Å². The van der Waals surface area contributed by atoms with Gasteiger partial charge in [-0.1, -0.05) is 18.2 Å². The summed E-state index contributed by atoms with van der Waals surface area (Å²) in [5, 5.41) is 4.26. The van der Waals surface area contributed by atoms with Crippen LogP contribution in [0.1, 0.15) is 19.3 Å². The van der Waals surface area contributed by atoms with Gasteiger partial charge in [0.2, 0.25) is 5.91 Å². The van der Waals surface area contributed by atoms with Gasteiger partial charge in [0.25, 0.3) is 0 Å². The predicted molar refractivity (Wildman–Crippen MR) is 91.8 cm³/mol. The Morgan fingerprint density at radius 1 is 1.25 bits per heavy atom. The molecule has 128 valence electrons. The molecule has 1 amide bonds. The number of rotatable bonds is 6. The number of hydrogen-bond donors (Lipinski definition) is 1. The van der Waals surface area contributed by atoms with E-state index in [9.17, 15) is 4.79 Å². The van der Waals surface area contributed by atoms with E-state index >= 15 is 0 Å². The molecule has 1 saturated carbocycles. The van der Waals surface area contributed by atoms with E-state index in [4.69, 9.17) is 9.47 Å². The lowest BCUT2D eigenvalue weighted by Gasteiger charge is -2.32. The lowest BCUT2D eigenvalue weighted by molar-refractivity contribution is -0.126. The Morgan fingerprint density at radius 2 is 2.12 bits per heavy atom. The Bertz CT molecular complexity index is 707. The van der Waals surface area contributed by atoms with Gasteiger partial charge < -0.3 is 19.4 Å². The van der Waals surface area contributed by atoms with Gasteiger partial charge in [0.05, 0.1) is 18.8 Å². The predicted octanol–water partition coefficient (Wildman–Crippen LogP) is 2.34. The average molecular weight is 328 g/mol. The van der Waals surface area contributed by atoms with E-state index in [1.165, 1.54) is 12.8 Å². The van der Waals surface area contributed by atoms with Crippen LogP contribution in [0.3, 0.4) is 0 Å². The van der Waals surface area contributed by atoms with Crippen LogP contribution in [0.5, 0.6) is 0 Å². The first-order valence-corrected chi connectivity index (χ1v) is 8.82. The highest BCUT2D eigenvalue weighted by Gasteiger charge is 2.30. The van der Waals surface area contributed by atoms with Crippen molar-refractivity contribution in [3.63, 3.8) is 0 Å². The van der Waals surface area contributed by atoms with E-state index < -0.39 is 0 Å². The number of nitrogens with zero attached hydrogens (tertiary/aromatic N) is 1. The van der Waals surface area contributed by atoms with Crippen molar-refractivity contribution in [2.24, 2.45) is 5.92 Å². The van der Waals surface area contributed by atoms with Crippen LogP contribution in [0.2, 0.25) is 0 Å². The summed E-state index contributed by atoms with van der Waals surface area (Å²) in [5.74, 6) is 0.738. The average Bonchev–Trinajstić information content (AvgIpc) is 3.35. The standard InChI is InChI=1S/C19H24N2O3/c22-19(11-21-9-7-15-3-1-2-4-17(15)21)20-16-13-23-10-8-18(16)24-12-14-5-6-14/h1-4,7,9,14,16,18H,5-6,8,10-13H2,(H,20,22)/t16-,18+/m1/s1. The molecule has 1 aliphatic heterocycles. The smallest absolute Gasteiger partial charge is 0.240 e. The zero-order chi connectivity index (χ0) is 16.4. The second kappa shape index (κ2) is 6.95. The van der Waals surface area contributed by atoms with Crippen molar-refractivity contribution in [1.29, 1.82) is 0 Å². The Balaban J connectivity index is 1.36. The fraction of sp³-hybridized carbons (Fsp3) is 0.526. The summed E-state index contributed by atoms with van der Waals surface area (Å²) in [5.41, 5.74) is 1.08. The molecule has 2 heterocycles. The van der Waals surface area contributed by atoms with Crippen molar-refractivity contribution in [3.05, 3.63) is 36.5 Å². The van der Waals surface area contributed by atoms with E-state index in [1.54, 1.807) is 0 Å². The fourth-order valence-electron chi connectivity index (χ4n) is 3.28. The number of ether oxygens (including phenoxy) is 2. The molecule has 1 aliphatic carbocycles. The molecule has 0 radical (unpaired) electrons. The van der Waals surface area contributed by atoms with Crippen molar-refractivity contribution in [1.82, 2.24) is 9.88 Å². The van der Waals surface area contributed by atoms with Crippen molar-refractivity contribution in [2.45, 2.75) is 38.0 Å². The van der Waals surface area contributed by atoms with Gasteiger partial charge in [-0.3, -0.25) is 4.79 Å². The van der Waals surface area contributed by atoms with E-state index in [0.29, 0.717) is 19.8 Å². The van der Waals surface area contributed by atoms with Crippen molar-refractivity contribution in [2.75, 3.05) is 19.8 Å². The zero-order valence-electron chi connectivity index (χ0n) is 13.8. The third kappa shape index (κ3) is 3.62. The first-order chi connectivity index (χ1) is 11.8. The maximum absolute atomic E-state index is 12.5. The van der Waals surface area contributed by atoms with Gasteiger partial charge in [-0.25, -0.2) is 0 Å². The lowest BCUT2D eigenvalue weighted by atomic mass is 10.1. The van der Waals surface area contributed by atoms with Gasteiger partial charge in [-0.2, -0.15) is 0 Å². The molecule has 24 heavy (non-hydrogen) atoms. The van der Waals surface area contributed by atoms with Gasteiger partial charge in [0.1, 0.15) is 6.54 Å². The first kappa shape index (κ1) is 15.7. The van der Waals surface area contributed by atoms with Crippen LogP contribution in [-0.4, -0.2) is 42.4 Å². The van der Waals surface area contributed by atoms with Crippen molar-refractivity contribution >= 4 is 16.8 Å². The van der Waals surface area contributed by atoms with Crippen LogP contribution in [-0.2, 0) is 20.8 Å². The maximum Gasteiger partial charge on any atom is 0.240 e. The highest BCUT2D eigenvalue weighted by Crippen LogP contribution is 2.30. The van der Waals surface area contributed by atoms with Crippen LogP contribution in [0.25, 0.3) is 10.9 Å². The quantitative estimate of drug-likeness (QED) is 0.885. The second-order valence-corrected chi connectivity index (χ2v) is 6.86. The largest absolute Gasteiger partial charge is 0.379 e. The molecule has 1 aromatic heterocycles. The number of carbonyl (C=O) groups is 1.